The molecule has 0 bridgehead atoms. The van der Waals surface area contributed by atoms with Crippen LogP contribution in [0, 0.1) is 19.8 Å². The van der Waals surface area contributed by atoms with Crippen molar-refractivity contribution in [2.75, 3.05) is 0 Å². The molecule has 1 aliphatic rings. The summed E-state index contributed by atoms with van der Waals surface area (Å²) in [5, 5.41) is 8.44. The van der Waals surface area contributed by atoms with Gasteiger partial charge in [-0.1, -0.05) is 12.8 Å². The molecule has 1 fully saturated rings. The van der Waals surface area contributed by atoms with Gasteiger partial charge in [-0.25, -0.2) is 0 Å². The third-order valence-electron chi connectivity index (χ3n) is 4.79. The normalized spacial score (nSPS) is 19.8. The van der Waals surface area contributed by atoms with Crippen molar-refractivity contribution in [3.8, 4) is 0 Å². The number of hydrogen-bond donors (Lipinski definition) is 1. The quantitative estimate of drug-likeness (QED) is 0.877. The van der Waals surface area contributed by atoms with Crippen molar-refractivity contribution in [1.82, 2.24) is 15.1 Å². The van der Waals surface area contributed by atoms with Gasteiger partial charge < -0.3 is 5.32 Å². The second-order valence-electron chi connectivity index (χ2n) is 6.12. The van der Waals surface area contributed by atoms with Gasteiger partial charge in [-0.15, -0.1) is 0 Å². The van der Waals surface area contributed by atoms with E-state index in [4.69, 9.17) is 0 Å². The monoisotopic (exact) mass is 263 g/mol. The van der Waals surface area contributed by atoms with Gasteiger partial charge in [-0.2, -0.15) is 5.10 Å². The average Bonchev–Trinajstić information content (AvgIpc) is 2.97. The van der Waals surface area contributed by atoms with Crippen LogP contribution in [0.4, 0.5) is 0 Å². The second kappa shape index (κ2) is 6.08. The predicted molar refractivity (Wildman–Crippen MR) is 80.3 cm³/mol. The zero-order valence-corrected chi connectivity index (χ0v) is 13.2. The Hall–Kier alpha value is -0.830. The Kier molecular flexibility index (Phi) is 4.67. The molecular formula is C16H29N3. The molecular weight excluding hydrogens is 234 g/mol. The van der Waals surface area contributed by atoms with Crippen LogP contribution >= 0.6 is 0 Å². The molecule has 0 amide bonds. The van der Waals surface area contributed by atoms with Crippen molar-refractivity contribution in [2.45, 2.75) is 78.9 Å². The minimum atomic E-state index is 0.399. The Bertz CT molecular complexity index is 416. The molecule has 108 valence electrons. The van der Waals surface area contributed by atoms with E-state index in [1.54, 1.807) is 0 Å². The fraction of sp³-hybridized carbons (Fsp3) is 0.812. The van der Waals surface area contributed by atoms with Gasteiger partial charge in [0.2, 0.25) is 0 Å². The Balaban J connectivity index is 2.06. The number of rotatable bonds is 5. The van der Waals surface area contributed by atoms with Crippen LogP contribution in [0.1, 0.15) is 69.4 Å². The average molecular weight is 263 g/mol. The minimum Gasteiger partial charge on any atom is -0.307 e. The summed E-state index contributed by atoms with van der Waals surface area (Å²) in [6, 6.07) is 1.01. The van der Waals surface area contributed by atoms with E-state index in [-0.39, 0.29) is 0 Å². The second-order valence-corrected chi connectivity index (χ2v) is 6.12. The highest BCUT2D eigenvalue weighted by molar-refractivity contribution is 5.27. The highest BCUT2D eigenvalue weighted by atomic mass is 15.3. The first-order chi connectivity index (χ1) is 9.04. The SMILES string of the molecule is CCn1nc(C)c(C(C)N[C@@H](C)C2CCCC2)c1C. The van der Waals surface area contributed by atoms with E-state index in [0.717, 1.165) is 12.5 Å². The molecule has 3 nitrogen and oxygen atoms in total. The lowest BCUT2D eigenvalue weighted by Gasteiger charge is -2.25. The van der Waals surface area contributed by atoms with E-state index in [2.05, 4.69) is 49.7 Å². The number of hydrogen-bond acceptors (Lipinski definition) is 2. The summed E-state index contributed by atoms with van der Waals surface area (Å²) in [5.41, 5.74) is 3.89. The van der Waals surface area contributed by atoms with E-state index < -0.39 is 0 Å². The van der Waals surface area contributed by atoms with Crippen LogP contribution in [-0.4, -0.2) is 15.8 Å². The molecule has 2 atom stereocenters. The third kappa shape index (κ3) is 3.02. The van der Waals surface area contributed by atoms with E-state index in [1.165, 1.54) is 42.6 Å². The summed E-state index contributed by atoms with van der Waals surface area (Å²) in [7, 11) is 0. The zero-order chi connectivity index (χ0) is 14.0. The maximum atomic E-state index is 4.63. The number of nitrogens with zero attached hydrogens (tertiary/aromatic N) is 2. The predicted octanol–water partition coefficient (Wildman–Crippen LogP) is 3.75. The number of nitrogens with one attached hydrogen (secondary N) is 1. The molecule has 3 heteroatoms. The van der Waals surface area contributed by atoms with Crippen LogP contribution in [-0.2, 0) is 6.54 Å². The molecule has 0 radical (unpaired) electrons. The standard InChI is InChI=1S/C16H29N3/c1-6-19-14(5)16(13(4)18-19)12(3)17-11(2)15-9-7-8-10-15/h11-12,15,17H,6-10H2,1-5H3/t11-,12?/m0/s1. The molecule has 1 aliphatic carbocycles. The molecule has 0 saturated heterocycles. The Labute approximate surface area is 117 Å². The smallest absolute Gasteiger partial charge is 0.0644 e. The van der Waals surface area contributed by atoms with Crippen LogP contribution in [0.25, 0.3) is 0 Å². The number of aryl methyl sites for hydroxylation is 2. The molecule has 0 aromatic carbocycles. The molecule has 2 rings (SSSR count). The molecule has 1 saturated carbocycles. The summed E-state index contributed by atoms with van der Waals surface area (Å²) < 4.78 is 2.11. The molecule has 1 heterocycles. The largest absolute Gasteiger partial charge is 0.307 e. The highest BCUT2D eigenvalue weighted by Crippen LogP contribution is 2.29. The van der Waals surface area contributed by atoms with Crippen molar-refractivity contribution in [2.24, 2.45) is 5.92 Å². The highest BCUT2D eigenvalue weighted by Gasteiger charge is 2.24. The summed E-state index contributed by atoms with van der Waals surface area (Å²) in [4.78, 5) is 0. The molecule has 19 heavy (non-hydrogen) atoms. The van der Waals surface area contributed by atoms with Crippen LogP contribution in [0.3, 0.4) is 0 Å². The Morgan fingerprint density at radius 2 is 1.89 bits per heavy atom. The van der Waals surface area contributed by atoms with Gasteiger partial charge in [0.25, 0.3) is 0 Å². The van der Waals surface area contributed by atoms with Gasteiger partial charge in [0, 0.05) is 29.9 Å². The van der Waals surface area contributed by atoms with E-state index in [9.17, 15) is 0 Å². The van der Waals surface area contributed by atoms with Crippen LogP contribution in [0.2, 0.25) is 0 Å². The van der Waals surface area contributed by atoms with Gasteiger partial charge in [-0.3, -0.25) is 4.68 Å². The fourth-order valence-corrected chi connectivity index (χ4v) is 3.72. The first-order valence-electron chi connectivity index (χ1n) is 7.84. The lowest BCUT2D eigenvalue weighted by Crippen LogP contribution is -2.34. The Morgan fingerprint density at radius 1 is 1.26 bits per heavy atom. The van der Waals surface area contributed by atoms with Gasteiger partial charge in [0.15, 0.2) is 0 Å². The lowest BCUT2D eigenvalue weighted by molar-refractivity contribution is 0.351. The van der Waals surface area contributed by atoms with Gasteiger partial charge in [0.1, 0.15) is 0 Å². The Morgan fingerprint density at radius 3 is 2.42 bits per heavy atom. The van der Waals surface area contributed by atoms with Gasteiger partial charge in [-0.05, 0) is 53.4 Å². The first kappa shape index (κ1) is 14.6. The topological polar surface area (TPSA) is 29.9 Å². The maximum Gasteiger partial charge on any atom is 0.0644 e. The first-order valence-corrected chi connectivity index (χ1v) is 7.84. The third-order valence-corrected chi connectivity index (χ3v) is 4.79. The van der Waals surface area contributed by atoms with Crippen molar-refractivity contribution >= 4 is 0 Å². The maximum absolute atomic E-state index is 4.63. The van der Waals surface area contributed by atoms with Crippen molar-refractivity contribution in [1.29, 1.82) is 0 Å². The van der Waals surface area contributed by atoms with Crippen molar-refractivity contribution < 1.29 is 0 Å². The molecule has 0 aliphatic heterocycles. The van der Waals surface area contributed by atoms with E-state index >= 15 is 0 Å². The van der Waals surface area contributed by atoms with Crippen molar-refractivity contribution in [3.63, 3.8) is 0 Å². The summed E-state index contributed by atoms with van der Waals surface area (Å²) in [5.74, 6) is 0.865. The van der Waals surface area contributed by atoms with Gasteiger partial charge in [0.05, 0.1) is 5.69 Å². The molecule has 1 unspecified atom stereocenters. The number of aromatic nitrogens is 2. The van der Waals surface area contributed by atoms with Crippen molar-refractivity contribution in [3.05, 3.63) is 17.0 Å². The van der Waals surface area contributed by atoms with E-state index in [0.29, 0.717) is 12.1 Å². The summed E-state index contributed by atoms with van der Waals surface area (Å²) >= 11 is 0. The summed E-state index contributed by atoms with van der Waals surface area (Å²) in [6.07, 6.45) is 5.62. The lowest BCUT2D eigenvalue weighted by atomic mass is 9.97. The molecule has 1 aromatic rings. The van der Waals surface area contributed by atoms with Crippen LogP contribution < -0.4 is 5.32 Å². The summed E-state index contributed by atoms with van der Waals surface area (Å²) in [6.45, 7) is 12.1. The fourth-order valence-electron chi connectivity index (χ4n) is 3.72. The van der Waals surface area contributed by atoms with Gasteiger partial charge >= 0.3 is 0 Å². The van der Waals surface area contributed by atoms with Crippen LogP contribution in [0.5, 0.6) is 0 Å². The van der Waals surface area contributed by atoms with E-state index in [1.807, 2.05) is 0 Å². The molecule has 1 aromatic heterocycles. The van der Waals surface area contributed by atoms with Crippen LogP contribution in [0.15, 0.2) is 0 Å². The molecule has 1 N–H and O–H groups in total. The molecule has 0 spiro atoms. The zero-order valence-electron chi connectivity index (χ0n) is 13.2. The minimum absolute atomic E-state index is 0.399.